The molecule has 3 nitrogen and oxygen atoms in total. The molecule has 0 saturated carbocycles. The smallest absolute Gasteiger partial charge is 0.140 e. The highest BCUT2D eigenvalue weighted by Gasteiger charge is 2.10. The molecule has 0 aliphatic carbocycles. The van der Waals surface area contributed by atoms with E-state index in [9.17, 15) is 0 Å². The summed E-state index contributed by atoms with van der Waals surface area (Å²) in [6.07, 6.45) is 0. The molecule has 0 fully saturated rings. The first-order valence-electron chi connectivity index (χ1n) is 5.81. The Morgan fingerprint density at radius 1 is 1.25 bits per heavy atom. The summed E-state index contributed by atoms with van der Waals surface area (Å²) in [5, 5.41) is 3.36. The molecule has 1 N–H and O–H groups in total. The fraction of sp³-hybridized carbons (Fsp3) is 0.615. The van der Waals surface area contributed by atoms with Gasteiger partial charge < -0.3 is 10.1 Å². The molecule has 16 heavy (non-hydrogen) atoms. The normalized spacial score (nSPS) is 11.2. The second-order valence-corrected chi connectivity index (χ2v) is 4.58. The van der Waals surface area contributed by atoms with Gasteiger partial charge in [0.2, 0.25) is 0 Å². The maximum absolute atomic E-state index is 5.30. The zero-order valence-electron chi connectivity index (χ0n) is 10.9. The average molecular weight is 222 g/mol. The molecule has 0 atom stereocenters. The Bertz CT molecular complexity index is 335. The molecule has 0 aliphatic heterocycles. The lowest BCUT2D eigenvalue weighted by molar-refractivity contribution is 0.403. The van der Waals surface area contributed by atoms with Crippen LogP contribution >= 0.6 is 0 Å². The summed E-state index contributed by atoms with van der Waals surface area (Å²) in [6, 6.07) is 4.49. The van der Waals surface area contributed by atoms with Crippen molar-refractivity contribution in [1.29, 1.82) is 0 Å². The summed E-state index contributed by atoms with van der Waals surface area (Å²) < 4.78 is 5.30. The van der Waals surface area contributed by atoms with E-state index in [2.05, 4.69) is 38.0 Å². The van der Waals surface area contributed by atoms with E-state index in [4.69, 9.17) is 4.74 Å². The van der Waals surface area contributed by atoms with Gasteiger partial charge >= 0.3 is 0 Å². The maximum atomic E-state index is 5.30. The van der Waals surface area contributed by atoms with Gasteiger partial charge in [0.1, 0.15) is 5.75 Å². The van der Waals surface area contributed by atoms with Gasteiger partial charge in [0.15, 0.2) is 0 Å². The average Bonchev–Trinajstić information content (AvgIpc) is 2.25. The van der Waals surface area contributed by atoms with Gasteiger partial charge in [0.25, 0.3) is 0 Å². The van der Waals surface area contributed by atoms with Crippen molar-refractivity contribution in [3.05, 3.63) is 23.5 Å². The van der Waals surface area contributed by atoms with E-state index in [-0.39, 0.29) is 0 Å². The minimum Gasteiger partial charge on any atom is -0.495 e. The number of nitrogens with zero attached hydrogens (tertiary/aromatic N) is 1. The Hall–Kier alpha value is -1.09. The Morgan fingerprint density at radius 3 is 2.44 bits per heavy atom. The Kier molecular flexibility index (Phi) is 4.74. The molecular formula is C13H22N2O. The number of nitrogens with one attached hydrogen (secondary N) is 1. The summed E-state index contributed by atoms with van der Waals surface area (Å²) in [5.41, 5.74) is 2.10. The van der Waals surface area contributed by atoms with Crippen molar-refractivity contribution in [2.24, 2.45) is 0 Å². The molecule has 90 valence electrons. The Balaban J connectivity index is 2.85. The van der Waals surface area contributed by atoms with Gasteiger partial charge in [-0.1, -0.05) is 27.7 Å². The third-order valence-corrected chi connectivity index (χ3v) is 2.40. The number of aromatic nitrogens is 1. The van der Waals surface area contributed by atoms with E-state index in [1.807, 2.05) is 12.1 Å². The lowest BCUT2D eigenvalue weighted by Gasteiger charge is -2.13. The fourth-order valence-electron chi connectivity index (χ4n) is 1.50. The van der Waals surface area contributed by atoms with E-state index in [1.165, 1.54) is 0 Å². The van der Waals surface area contributed by atoms with E-state index >= 15 is 0 Å². The monoisotopic (exact) mass is 222 g/mol. The highest BCUT2D eigenvalue weighted by Crippen LogP contribution is 2.24. The zero-order valence-corrected chi connectivity index (χ0v) is 10.9. The van der Waals surface area contributed by atoms with Gasteiger partial charge in [-0.25, -0.2) is 0 Å². The van der Waals surface area contributed by atoms with E-state index in [0.717, 1.165) is 23.7 Å². The molecule has 0 amide bonds. The predicted octanol–water partition coefficient (Wildman–Crippen LogP) is 2.71. The third kappa shape index (κ3) is 3.49. The number of ether oxygens (including phenoxy) is 1. The van der Waals surface area contributed by atoms with Crippen LogP contribution in [-0.4, -0.2) is 18.1 Å². The van der Waals surface area contributed by atoms with Gasteiger partial charge in [-0.15, -0.1) is 0 Å². The van der Waals surface area contributed by atoms with Crippen LogP contribution in [0.2, 0.25) is 0 Å². The lowest BCUT2D eigenvalue weighted by Crippen LogP contribution is -2.22. The summed E-state index contributed by atoms with van der Waals surface area (Å²) in [6.45, 7) is 9.33. The van der Waals surface area contributed by atoms with Gasteiger partial charge in [0, 0.05) is 12.6 Å². The van der Waals surface area contributed by atoms with Crippen LogP contribution in [0.15, 0.2) is 12.1 Å². The van der Waals surface area contributed by atoms with Crippen LogP contribution < -0.4 is 10.1 Å². The highest BCUT2D eigenvalue weighted by atomic mass is 16.5. The molecule has 0 aromatic carbocycles. The van der Waals surface area contributed by atoms with Crippen LogP contribution in [0.3, 0.4) is 0 Å². The summed E-state index contributed by atoms with van der Waals surface area (Å²) in [7, 11) is 1.69. The fourth-order valence-corrected chi connectivity index (χ4v) is 1.50. The van der Waals surface area contributed by atoms with Crippen LogP contribution in [0, 0.1) is 0 Å². The lowest BCUT2D eigenvalue weighted by atomic mass is 10.1. The second-order valence-electron chi connectivity index (χ2n) is 4.58. The zero-order chi connectivity index (χ0) is 12.1. The molecule has 3 heteroatoms. The van der Waals surface area contributed by atoms with Crippen molar-refractivity contribution in [3.63, 3.8) is 0 Å². The molecule has 0 saturated heterocycles. The quantitative estimate of drug-likeness (QED) is 0.831. The first-order valence-corrected chi connectivity index (χ1v) is 5.81. The van der Waals surface area contributed by atoms with Crippen LogP contribution in [0.25, 0.3) is 0 Å². The number of hydrogen-bond acceptors (Lipinski definition) is 3. The molecule has 0 bridgehead atoms. The van der Waals surface area contributed by atoms with Crippen molar-refractivity contribution < 1.29 is 4.74 Å². The highest BCUT2D eigenvalue weighted by molar-refractivity contribution is 5.31. The van der Waals surface area contributed by atoms with E-state index < -0.39 is 0 Å². The van der Waals surface area contributed by atoms with E-state index in [0.29, 0.717) is 12.0 Å². The van der Waals surface area contributed by atoms with Crippen LogP contribution in [0.1, 0.15) is 45.0 Å². The van der Waals surface area contributed by atoms with Gasteiger partial charge in [0.05, 0.1) is 18.5 Å². The number of methoxy groups -OCH3 is 1. The Labute approximate surface area is 98.2 Å². The minimum atomic E-state index is 0.383. The minimum absolute atomic E-state index is 0.383. The molecular weight excluding hydrogens is 200 g/mol. The van der Waals surface area contributed by atoms with Crippen LogP contribution in [0.4, 0.5) is 0 Å². The molecule has 1 aromatic rings. The van der Waals surface area contributed by atoms with Gasteiger partial charge in [-0.05, 0) is 18.1 Å². The summed E-state index contributed by atoms with van der Waals surface area (Å²) in [5.74, 6) is 1.26. The molecule has 1 aromatic heterocycles. The number of rotatable bonds is 5. The molecule has 0 unspecified atom stereocenters. The number of hydrogen-bond donors (Lipinski definition) is 1. The third-order valence-electron chi connectivity index (χ3n) is 2.40. The predicted molar refractivity (Wildman–Crippen MR) is 66.9 cm³/mol. The van der Waals surface area contributed by atoms with Crippen LogP contribution in [-0.2, 0) is 6.54 Å². The van der Waals surface area contributed by atoms with Gasteiger partial charge in [-0.2, -0.15) is 0 Å². The van der Waals surface area contributed by atoms with Crippen LogP contribution in [0.5, 0.6) is 5.75 Å². The topological polar surface area (TPSA) is 34.1 Å². The summed E-state index contributed by atoms with van der Waals surface area (Å²) >= 11 is 0. The SMILES string of the molecule is COc1ccc(CNC(C)C)nc1C(C)C. The second kappa shape index (κ2) is 5.85. The molecule has 0 aliphatic rings. The molecule has 0 spiro atoms. The molecule has 1 heterocycles. The molecule has 0 radical (unpaired) electrons. The van der Waals surface area contributed by atoms with E-state index in [1.54, 1.807) is 7.11 Å². The van der Waals surface area contributed by atoms with Crippen molar-refractivity contribution in [1.82, 2.24) is 10.3 Å². The maximum Gasteiger partial charge on any atom is 0.140 e. The van der Waals surface area contributed by atoms with Crippen molar-refractivity contribution in [2.75, 3.05) is 7.11 Å². The Morgan fingerprint density at radius 2 is 1.94 bits per heavy atom. The largest absolute Gasteiger partial charge is 0.495 e. The standard InChI is InChI=1S/C13H22N2O/c1-9(2)13-12(16-5)7-6-11(15-13)8-14-10(3)4/h6-7,9-10,14H,8H2,1-5H3. The van der Waals surface area contributed by atoms with Gasteiger partial charge in [-0.3, -0.25) is 4.98 Å². The molecule has 1 rings (SSSR count). The first kappa shape index (κ1) is 13.0. The first-order chi connectivity index (χ1) is 7.54. The number of pyridine rings is 1. The van der Waals surface area contributed by atoms with Crippen molar-refractivity contribution in [2.45, 2.75) is 46.2 Å². The summed E-state index contributed by atoms with van der Waals surface area (Å²) in [4.78, 5) is 4.63. The van der Waals surface area contributed by atoms with Crippen molar-refractivity contribution in [3.8, 4) is 5.75 Å². The van der Waals surface area contributed by atoms with Crippen molar-refractivity contribution >= 4 is 0 Å².